The van der Waals surface area contributed by atoms with Crippen LogP contribution in [0.25, 0.3) is 0 Å². The topological polar surface area (TPSA) is 32.9 Å². The molecule has 2 rings (SSSR count). The first kappa shape index (κ1) is 9.50. The van der Waals surface area contributed by atoms with E-state index in [9.17, 15) is 4.79 Å². The van der Waals surface area contributed by atoms with E-state index >= 15 is 0 Å². The van der Waals surface area contributed by atoms with Crippen molar-refractivity contribution in [3.05, 3.63) is 33.2 Å². The number of H-pyrrole nitrogens is 1. The number of nitrogens with one attached hydrogen (secondary N) is 1. The Bertz CT molecular complexity index is 388. The molecule has 0 radical (unpaired) electrons. The molecule has 1 saturated carbocycles. The standard InChI is InChI=1S/C12H17NO/c1-3-10-8(2)7-11(13-12(10)14)9-5-4-6-9/h7,9H,3-6H2,1-2H3,(H,13,14). The maximum absolute atomic E-state index is 11.7. The fourth-order valence-corrected chi connectivity index (χ4v) is 2.12. The van der Waals surface area contributed by atoms with Crippen LogP contribution in [0.15, 0.2) is 10.9 Å². The van der Waals surface area contributed by atoms with Gasteiger partial charge in [-0.3, -0.25) is 4.79 Å². The minimum atomic E-state index is 0.120. The highest BCUT2D eigenvalue weighted by Crippen LogP contribution is 2.35. The summed E-state index contributed by atoms with van der Waals surface area (Å²) in [6.07, 6.45) is 4.61. The molecule has 0 unspecified atom stereocenters. The molecule has 1 aromatic rings. The lowest BCUT2D eigenvalue weighted by Crippen LogP contribution is -2.20. The van der Waals surface area contributed by atoms with E-state index in [1.165, 1.54) is 19.3 Å². The van der Waals surface area contributed by atoms with Crippen molar-refractivity contribution in [2.45, 2.75) is 45.4 Å². The van der Waals surface area contributed by atoms with Crippen LogP contribution in [-0.4, -0.2) is 4.98 Å². The minimum Gasteiger partial charge on any atom is -0.326 e. The third kappa shape index (κ3) is 1.49. The van der Waals surface area contributed by atoms with Gasteiger partial charge in [0.1, 0.15) is 0 Å². The Kier molecular flexibility index (Phi) is 2.44. The Morgan fingerprint density at radius 3 is 2.64 bits per heavy atom. The molecule has 0 atom stereocenters. The van der Waals surface area contributed by atoms with Crippen LogP contribution in [0.5, 0.6) is 0 Å². The smallest absolute Gasteiger partial charge is 0.251 e. The summed E-state index contributed by atoms with van der Waals surface area (Å²) < 4.78 is 0. The predicted molar refractivity (Wildman–Crippen MR) is 57.8 cm³/mol. The van der Waals surface area contributed by atoms with Gasteiger partial charge in [0.25, 0.3) is 5.56 Å². The van der Waals surface area contributed by atoms with Crippen molar-refractivity contribution in [3.63, 3.8) is 0 Å². The first-order chi connectivity index (χ1) is 6.72. The zero-order chi connectivity index (χ0) is 10.1. The largest absolute Gasteiger partial charge is 0.326 e. The van der Waals surface area contributed by atoms with Crippen LogP contribution >= 0.6 is 0 Å². The maximum Gasteiger partial charge on any atom is 0.251 e. The average Bonchev–Trinajstić information content (AvgIpc) is 2.00. The van der Waals surface area contributed by atoms with Crippen molar-refractivity contribution in [2.75, 3.05) is 0 Å². The van der Waals surface area contributed by atoms with Gasteiger partial charge in [-0.1, -0.05) is 13.3 Å². The first-order valence-electron chi connectivity index (χ1n) is 5.45. The molecule has 1 fully saturated rings. The fraction of sp³-hybridized carbons (Fsp3) is 0.583. The van der Waals surface area contributed by atoms with Crippen molar-refractivity contribution >= 4 is 0 Å². The van der Waals surface area contributed by atoms with Gasteiger partial charge in [-0.2, -0.15) is 0 Å². The van der Waals surface area contributed by atoms with Crippen LogP contribution in [-0.2, 0) is 6.42 Å². The molecular formula is C12H17NO. The molecule has 1 aromatic heterocycles. The van der Waals surface area contributed by atoms with Crippen LogP contribution < -0.4 is 5.56 Å². The van der Waals surface area contributed by atoms with Gasteiger partial charge in [-0.15, -0.1) is 0 Å². The molecular weight excluding hydrogens is 174 g/mol. The predicted octanol–water partition coefficient (Wildman–Crippen LogP) is 2.51. The van der Waals surface area contributed by atoms with Crippen molar-refractivity contribution in [1.82, 2.24) is 4.98 Å². The van der Waals surface area contributed by atoms with Gasteiger partial charge in [-0.25, -0.2) is 0 Å². The van der Waals surface area contributed by atoms with Gasteiger partial charge < -0.3 is 4.98 Å². The molecule has 0 bridgehead atoms. The molecule has 1 aliphatic rings. The molecule has 0 spiro atoms. The zero-order valence-electron chi connectivity index (χ0n) is 8.89. The fourth-order valence-electron chi connectivity index (χ4n) is 2.12. The highest BCUT2D eigenvalue weighted by molar-refractivity contribution is 5.27. The summed E-state index contributed by atoms with van der Waals surface area (Å²) in [4.78, 5) is 14.7. The van der Waals surface area contributed by atoms with Crippen LogP contribution in [0.4, 0.5) is 0 Å². The van der Waals surface area contributed by atoms with Gasteiger partial charge in [0.2, 0.25) is 0 Å². The van der Waals surface area contributed by atoms with E-state index in [4.69, 9.17) is 0 Å². The van der Waals surface area contributed by atoms with Gasteiger partial charge >= 0.3 is 0 Å². The van der Waals surface area contributed by atoms with Crippen LogP contribution in [0.2, 0.25) is 0 Å². The van der Waals surface area contributed by atoms with E-state index in [1.54, 1.807) is 0 Å². The van der Waals surface area contributed by atoms with Crippen LogP contribution in [0.3, 0.4) is 0 Å². The molecule has 0 saturated heterocycles. The highest BCUT2D eigenvalue weighted by Gasteiger charge is 2.21. The molecule has 76 valence electrons. The van der Waals surface area contributed by atoms with Crippen LogP contribution in [0.1, 0.15) is 48.9 Å². The van der Waals surface area contributed by atoms with Gasteiger partial charge in [0.05, 0.1) is 0 Å². The number of aromatic amines is 1. The van der Waals surface area contributed by atoms with Crippen molar-refractivity contribution in [3.8, 4) is 0 Å². The number of rotatable bonds is 2. The summed E-state index contributed by atoms with van der Waals surface area (Å²) in [5, 5.41) is 0. The molecule has 0 aliphatic heterocycles. The van der Waals surface area contributed by atoms with E-state index in [1.807, 2.05) is 13.8 Å². The second-order valence-corrected chi connectivity index (χ2v) is 4.20. The quantitative estimate of drug-likeness (QED) is 0.765. The lowest BCUT2D eigenvalue weighted by atomic mass is 9.82. The SMILES string of the molecule is CCc1c(C)cc(C2CCC2)[nH]c1=O. The van der Waals surface area contributed by atoms with Gasteiger partial charge in [0, 0.05) is 11.3 Å². The van der Waals surface area contributed by atoms with Gasteiger partial charge in [-0.05, 0) is 43.7 Å². The normalized spacial score (nSPS) is 16.7. The molecule has 2 nitrogen and oxygen atoms in total. The zero-order valence-corrected chi connectivity index (χ0v) is 8.89. The Morgan fingerprint density at radius 2 is 2.21 bits per heavy atom. The van der Waals surface area contributed by atoms with Crippen LogP contribution in [0, 0.1) is 6.92 Å². The monoisotopic (exact) mass is 191 g/mol. The number of hydrogen-bond acceptors (Lipinski definition) is 1. The number of aryl methyl sites for hydroxylation is 1. The van der Waals surface area contributed by atoms with E-state index in [2.05, 4.69) is 11.1 Å². The summed E-state index contributed by atoms with van der Waals surface area (Å²) >= 11 is 0. The summed E-state index contributed by atoms with van der Waals surface area (Å²) in [6, 6.07) is 2.16. The third-order valence-electron chi connectivity index (χ3n) is 3.28. The van der Waals surface area contributed by atoms with Crippen molar-refractivity contribution in [2.24, 2.45) is 0 Å². The summed E-state index contributed by atoms with van der Waals surface area (Å²) in [7, 11) is 0. The van der Waals surface area contributed by atoms with Gasteiger partial charge in [0.15, 0.2) is 0 Å². The second kappa shape index (κ2) is 3.60. The van der Waals surface area contributed by atoms with E-state index in [-0.39, 0.29) is 5.56 Å². The Morgan fingerprint density at radius 1 is 1.50 bits per heavy atom. The van der Waals surface area contributed by atoms with E-state index in [0.717, 1.165) is 23.2 Å². The summed E-state index contributed by atoms with van der Waals surface area (Å²) in [5.41, 5.74) is 3.36. The summed E-state index contributed by atoms with van der Waals surface area (Å²) in [6.45, 7) is 4.07. The first-order valence-corrected chi connectivity index (χ1v) is 5.45. The Labute approximate surface area is 84.4 Å². The van der Waals surface area contributed by atoms with E-state index < -0.39 is 0 Å². The highest BCUT2D eigenvalue weighted by atomic mass is 16.1. The summed E-state index contributed by atoms with van der Waals surface area (Å²) in [5.74, 6) is 0.618. The molecule has 14 heavy (non-hydrogen) atoms. The maximum atomic E-state index is 11.7. The number of pyridine rings is 1. The minimum absolute atomic E-state index is 0.120. The number of hydrogen-bond donors (Lipinski definition) is 1. The molecule has 1 N–H and O–H groups in total. The average molecular weight is 191 g/mol. The van der Waals surface area contributed by atoms with Crippen molar-refractivity contribution < 1.29 is 0 Å². The lowest BCUT2D eigenvalue weighted by Gasteiger charge is -2.25. The molecule has 2 heteroatoms. The van der Waals surface area contributed by atoms with Crippen molar-refractivity contribution in [1.29, 1.82) is 0 Å². The molecule has 0 aromatic carbocycles. The lowest BCUT2D eigenvalue weighted by molar-refractivity contribution is 0.410. The molecule has 0 amide bonds. The second-order valence-electron chi connectivity index (χ2n) is 4.20. The number of aromatic nitrogens is 1. The Hall–Kier alpha value is -1.05. The molecule has 1 heterocycles. The molecule has 1 aliphatic carbocycles. The third-order valence-corrected chi connectivity index (χ3v) is 3.28. The Balaban J connectivity index is 2.40. The van der Waals surface area contributed by atoms with E-state index in [0.29, 0.717) is 5.92 Å².